The van der Waals surface area contributed by atoms with Crippen molar-refractivity contribution >= 4 is 34.8 Å². The smallest absolute Gasteiger partial charge is 0.274 e. The first kappa shape index (κ1) is 20.0. The minimum Gasteiger partial charge on any atom is -0.326 e. The Balaban J connectivity index is 1.77. The second-order valence-electron chi connectivity index (χ2n) is 6.88. The molecular weight excluding hydrogens is 366 g/mol. The molecule has 0 atom stereocenters. The zero-order chi connectivity index (χ0) is 21.0. The van der Waals surface area contributed by atoms with Gasteiger partial charge in [-0.15, -0.1) is 0 Å². The summed E-state index contributed by atoms with van der Waals surface area (Å²) in [6, 6.07) is 12.6. The molecule has 0 bridgehead atoms. The highest BCUT2D eigenvalue weighted by molar-refractivity contribution is 6.03. The highest BCUT2D eigenvalue weighted by Crippen LogP contribution is 2.24. The van der Waals surface area contributed by atoms with Crippen molar-refractivity contribution in [1.29, 1.82) is 0 Å². The molecule has 0 aliphatic heterocycles. The van der Waals surface area contributed by atoms with Crippen LogP contribution in [0.1, 0.15) is 34.1 Å². The van der Waals surface area contributed by atoms with Crippen molar-refractivity contribution in [3.63, 3.8) is 0 Å². The number of anilines is 4. The molecule has 7 nitrogen and oxygen atoms in total. The number of hydrogen-bond acceptors (Lipinski definition) is 5. The van der Waals surface area contributed by atoms with Crippen LogP contribution in [0.25, 0.3) is 0 Å². The molecule has 0 unspecified atom stereocenters. The van der Waals surface area contributed by atoms with E-state index in [2.05, 4.69) is 38.1 Å². The number of nitrogens with one attached hydrogen (secondary N) is 3. The van der Waals surface area contributed by atoms with Crippen LogP contribution in [0.15, 0.2) is 48.7 Å². The second kappa shape index (κ2) is 8.52. The SMILES string of the molecule is CC(=O)Nc1cccc(NC(=O)c2ccnc(Nc3c(C)cc(C)cc3C)n2)c1. The van der Waals surface area contributed by atoms with Crippen LogP contribution in [0.3, 0.4) is 0 Å². The summed E-state index contributed by atoms with van der Waals surface area (Å²) in [5, 5.41) is 8.68. The molecule has 0 aliphatic carbocycles. The van der Waals surface area contributed by atoms with Crippen LogP contribution in [0.4, 0.5) is 23.0 Å². The van der Waals surface area contributed by atoms with Gasteiger partial charge in [-0.25, -0.2) is 9.97 Å². The maximum absolute atomic E-state index is 12.6. The Labute approximate surface area is 169 Å². The van der Waals surface area contributed by atoms with Gasteiger partial charge in [0.25, 0.3) is 5.91 Å². The third-order valence-electron chi connectivity index (χ3n) is 4.24. The van der Waals surface area contributed by atoms with Crippen LogP contribution in [-0.4, -0.2) is 21.8 Å². The number of carbonyl (C=O) groups excluding carboxylic acids is 2. The summed E-state index contributed by atoms with van der Waals surface area (Å²) in [6.45, 7) is 7.51. The number of hydrogen-bond donors (Lipinski definition) is 3. The summed E-state index contributed by atoms with van der Waals surface area (Å²) in [7, 11) is 0. The van der Waals surface area contributed by atoms with Crippen LogP contribution in [-0.2, 0) is 4.79 Å². The Bertz CT molecular complexity index is 1060. The van der Waals surface area contributed by atoms with Gasteiger partial charge in [0.2, 0.25) is 11.9 Å². The molecule has 7 heteroatoms. The van der Waals surface area contributed by atoms with Gasteiger partial charge < -0.3 is 16.0 Å². The van der Waals surface area contributed by atoms with E-state index < -0.39 is 0 Å². The van der Waals surface area contributed by atoms with Crippen molar-refractivity contribution in [2.45, 2.75) is 27.7 Å². The van der Waals surface area contributed by atoms with Gasteiger partial charge in [-0.1, -0.05) is 23.8 Å². The van der Waals surface area contributed by atoms with E-state index in [4.69, 9.17) is 0 Å². The van der Waals surface area contributed by atoms with E-state index >= 15 is 0 Å². The Hall–Kier alpha value is -3.74. The number of nitrogens with zero attached hydrogens (tertiary/aromatic N) is 2. The average molecular weight is 389 g/mol. The monoisotopic (exact) mass is 389 g/mol. The molecule has 3 N–H and O–H groups in total. The van der Waals surface area contributed by atoms with E-state index in [1.54, 1.807) is 30.3 Å². The third kappa shape index (κ3) is 5.16. The predicted molar refractivity (Wildman–Crippen MR) is 115 cm³/mol. The molecule has 3 rings (SSSR count). The van der Waals surface area contributed by atoms with Gasteiger partial charge in [0.15, 0.2) is 0 Å². The lowest BCUT2D eigenvalue weighted by Gasteiger charge is -2.13. The molecule has 2 amide bonds. The molecule has 1 heterocycles. The number of benzene rings is 2. The summed E-state index contributed by atoms with van der Waals surface area (Å²) in [5.41, 5.74) is 5.66. The Morgan fingerprint density at radius 3 is 2.21 bits per heavy atom. The summed E-state index contributed by atoms with van der Waals surface area (Å²) in [5.74, 6) is -0.200. The summed E-state index contributed by atoms with van der Waals surface area (Å²) >= 11 is 0. The van der Waals surface area contributed by atoms with Gasteiger partial charge in [-0.2, -0.15) is 0 Å². The van der Waals surface area contributed by atoms with Gasteiger partial charge in [0.05, 0.1) is 0 Å². The van der Waals surface area contributed by atoms with Crippen molar-refractivity contribution in [2.75, 3.05) is 16.0 Å². The fourth-order valence-corrected chi connectivity index (χ4v) is 3.11. The molecular formula is C22H23N5O2. The van der Waals surface area contributed by atoms with Gasteiger partial charge >= 0.3 is 0 Å². The molecule has 0 fully saturated rings. The lowest BCUT2D eigenvalue weighted by atomic mass is 10.1. The van der Waals surface area contributed by atoms with E-state index in [-0.39, 0.29) is 17.5 Å². The van der Waals surface area contributed by atoms with Crippen molar-refractivity contribution in [2.24, 2.45) is 0 Å². The maximum Gasteiger partial charge on any atom is 0.274 e. The van der Waals surface area contributed by atoms with Crippen LogP contribution >= 0.6 is 0 Å². The highest BCUT2D eigenvalue weighted by Gasteiger charge is 2.11. The highest BCUT2D eigenvalue weighted by atomic mass is 16.2. The molecule has 148 valence electrons. The van der Waals surface area contributed by atoms with E-state index in [1.807, 2.05) is 20.8 Å². The molecule has 0 spiro atoms. The normalized spacial score (nSPS) is 10.3. The van der Waals surface area contributed by atoms with E-state index in [1.165, 1.54) is 18.7 Å². The topological polar surface area (TPSA) is 96.0 Å². The minimum atomic E-state index is -0.368. The molecule has 0 saturated carbocycles. The quantitative estimate of drug-likeness (QED) is 0.603. The first-order valence-electron chi connectivity index (χ1n) is 9.19. The van der Waals surface area contributed by atoms with E-state index in [0.717, 1.165) is 16.8 Å². The van der Waals surface area contributed by atoms with Crippen LogP contribution < -0.4 is 16.0 Å². The van der Waals surface area contributed by atoms with Crippen molar-refractivity contribution in [3.8, 4) is 0 Å². The van der Waals surface area contributed by atoms with Crippen LogP contribution in [0.2, 0.25) is 0 Å². The number of carbonyl (C=O) groups is 2. The van der Waals surface area contributed by atoms with Crippen molar-refractivity contribution in [3.05, 3.63) is 71.0 Å². The summed E-state index contributed by atoms with van der Waals surface area (Å²) in [4.78, 5) is 32.4. The van der Waals surface area contributed by atoms with Crippen LogP contribution in [0.5, 0.6) is 0 Å². The number of aryl methyl sites for hydroxylation is 3. The molecule has 1 aromatic heterocycles. The maximum atomic E-state index is 12.6. The van der Waals surface area contributed by atoms with Gasteiger partial charge in [-0.05, 0) is 56.2 Å². The number of aromatic nitrogens is 2. The Kier molecular flexibility index (Phi) is 5.87. The minimum absolute atomic E-state index is 0.179. The molecule has 0 aliphatic rings. The Morgan fingerprint density at radius 2 is 1.55 bits per heavy atom. The molecule has 0 radical (unpaired) electrons. The Morgan fingerprint density at radius 1 is 0.897 bits per heavy atom. The predicted octanol–water partition coefficient (Wildman–Crippen LogP) is 4.36. The number of amides is 2. The summed E-state index contributed by atoms with van der Waals surface area (Å²) in [6.07, 6.45) is 1.54. The zero-order valence-electron chi connectivity index (χ0n) is 16.8. The van der Waals surface area contributed by atoms with E-state index in [9.17, 15) is 9.59 Å². The third-order valence-corrected chi connectivity index (χ3v) is 4.24. The molecule has 0 saturated heterocycles. The fourth-order valence-electron chi connectivity index (χ4n) is 3.11. The first-order chi connectivity index (χ1) is 13.8. The standard InChI is InChI=1S/C22H23N5O2/c1-13-10-14(2)20(15(3)11-13)27-22-23-9-8-19(26-22)21(29)25-18-7-5-6-17(12-18)24-16(4)28/h5-12H,1-4H3,(H,24,28)(H,25,29)(H,23,26,27). The molecule has 2 aromatic carbocycles. The van der Waals surface area contributed by atoms with Gasteiger partial charge in [0, 0.05) is 30.2 Å². The number of rotatable bonds is 5. The van der Waals surface area contributed by atoms with Gasteiger partial charge in [0.1, 0.15) is 5.69 Å². The second-order valence-corrected chi connectivity index (χ2v) is 6.88. The fraction of sp³-hybridized carbons (Fsp3) is 0.182. The molecule has 29 heavy (non-hydrogen) atoms. The first-order valence-corrected chi connectivity index (χ1v) is 9.19. The average Bonchev–Trinajstić information content (AvgIpc) is 2.64. The van der Waals surface area contributed by atoms with Gasteiger partial charge in [-0.3, -0.25) is 9.59 Å². The lowest BCUT2D eigenvalue weighted by molar-refractivity contribution is -0.114. The van der Waals surface area contributed by atoms with E-state index in [0.29, 0.717) is 17.3 Å². The zero-order valence-corrected chi connectivity index (χ0v) is 16.8. The lowest BCUT2D eigenvalue weighted by Crippen LogP contribution is -2.15. The van der Waals surface area contributed by atoms with Crippen molar-refractivity contribution < 1.29 is 9.59 Å². The summed E-state index contributed by atoms with van der Waals surface area (Å²) < 4.78 is 0. The molecule has 3 aromatic rings. The largest absolute Gasteiger partial charge is 0.326 e. The van der Waals surface area contributed by atoms with Crippen molar-refractivity contribution in [1.82, 2.24) is 9.97 Å². The van der Waals surface area contributed by atoms with Crippen LogP contribution in [0, 0.1) is 20.8 Å².